The lowest BCUT2D eigenvalue weighted by Gasteiger charge is -2.07. The minimum Gasteiger partial charge on any atom is -0.397 e. The SMILES string of the molecule is Nc1ccc(Sc2ccc(-c3ccsc3)c(F)c2)cc1N. The van der Waals surface area contributed by atoms with E-state index in [1.54, 1.807) is 35.6 Å². The molecule has 0 saturated heterocycles. The van der Waals surface area contributed by atoms with Crippen LogP contribution in [0.25, 0.3) is 11.1 Å². The van der Waals surface area contributed by atoms with Crippen LogP contribution in [0.1, 0.15) is 0 Å². The molecule has 1 aromatic heterocycles. The molecule has 0 radical (unpaired) electrons. The molecule has 0 aliphatic rings. The monoisotopic (exact) mass is 316 g/mol. The molecule has 21 heavy (non-hydrogen) atoms. The Kier molecular flexibility index (Phi) is 3.86. The van der Waals surface area contributed by atoms with Gasteiger partial charge in [0, 0.05) is 15.4 Å². The van der Waals surface area contributed by atoms with E-state index in [0.29, 0.717) is 16.9 Å². The second-order valence-electron chi connectivity index (χ2n) is 4.55. The van der Waals surface area contributed by atoms with Crippen molar-refractivity contribution in [1.29, 1.82) is 0 Å². The topological polar surface area (TPSA) is 52.0 Å². The predicted molar refractivity (Wildman–Crippen MR) is 89.1 cm³/mol. The number of rotatable bonds is 3. The fourth-order valence-corrected chi connectivity index (χ4v) is 3.51. The van der Waals surface area contributed by atoms with Gasteiger partial charge >= 0.3 is 0 Å². The third-order valence-electron chi connectivity index (χ3n) is 3.07. The first-order chi connectivity index (χ1) is 10.1. The number of hydrogen-bond acceptors (Lipinski definition) is 4. The summed E-state index contributed by atoms with van der Waals surface area (Å²) >= 11 is 3.01. The number of nitrogen functional groups attached to an aromatic ring is 2. The molecule has 0 atom stereocenters. The van der Waals surface area contributed by atoms with E-state index in [2.05, 4.69) is 0 Å². The van der Waals surface area contributed by atoms with E-state index < -0.39 is 0 Å². The molecule has 0 fully saturated rings. The molecule has 3 rings (SSSR count). The Hall–Kier alpha value is -1.98. The molecule has 4 N–H and O–H groups in total. The summed E-state index contributed by atoms with van der Waals surface area (Å²) < 4.78 is 14.2. The first-order valence-electron chi connectivity index (χ1n) is 6.28. The van der Waals surface area contributed by atoms with Gasteiger partial charge in [0.25, 0.3) is 0 Å². The molecule has 2 nitrogen and oxygen atoms in total. The summed E-state index contributed by atoms with van der Waals surface area (Å²) in [6.45, 7) is 0. The fraction of sp³-hybridized carbons (Fsp3) is 0. The Balaban J connectivity index is 1.87. The van der Waals surface area contributed by atoms with Gasteiger partial charge < -0.3 is 11.5 Å². The van der Waals surface area contributed by atoms with Gasteiger partial charge in [0.05, 0.1) is 11.4 Å². The summed E-state index contributed by atoms with van der Waals surface area (Å²) in [5, 5.41) is 3.88. The van der Waals surface area contributed by atoms with Crippen LogP contribution in [0.5, 0.6) is 0 Å². The Morgan fingerprint density at radius 1 is 0.905 bits per heavy atom. The lowest BCUT2D eigenvalue weighted by molar-refractivity contribution is 0.628. The van der Waals surface area contributed by atoms with E-state index in [1.165, 1.54) is 11.8 Å². The van der Waals surface area contributed by atoms with E-state index in [4.69, 9.17) is 11.5 Å². The van der Waals surface area contributed by atoms with Gasteiger partial charge in [0.15, 0.2) is 0 Å². The third kappa shape index (κ3) is 3.04. The van der Waals surface area contributed by atoms with Gasteiger partial charge in [0.1, 0.15) is 5.82 Å². The van der Waals surface area contributed by atoms with Crippen LogP contribution in [0.15, 0.2) is 63.0 Å². The summed E-state index contributed by atoms with van der Waals surface area (Å²) in [6, 6.07) is 12.6. The average Bonchev–Trinajstić information content (AvgIpc) is 2.97. The second kappa shape index (κ2) is 5.79. The largest absolute Gasteiger partial charge is 0.397 e. The molecule has 0 aliphatic heterocycles. The van der Waals surface area contributed by atoms with Gasteiger partial charge in [-0.25, -0.2) is 4.39 Å². The highest BCUT2D eigenvalue weighted by atomic mass is 32.2. The first-order valence-corrected chi connectivity index (χ1v) is 8.04. The Morgan fingerprint density at radius 2 is 1.67 bits per heavy atom. The van der Waals surface area contributed by atoms with Crippen LogP contribution in [0.3, 0.4) is 0 Å². The highest BCUT2D eigenvalue weighted by Gasteiger charge is 2.08. The highest BCUT2D eigenvalue weighted by molar-refractivity contribution is 7.99. The van der Waals surface area contributed by atoms with Crippen LogP contribution in [0.4, 0.5) is 15.8 Å². The predicted octanol–water partition coefficient (Wildman–Crippen LogP) is 4.87. The van der Waals surface area contributed by atoms with E-state index in [9.17, 15) is 4.39 Å². The van der Waals surface area contributed by atoms with Crippen molar-refractivity contribution in [3.63, 3.8) is 0 Å². The highest BCUT2D eigenvalue weighted by Crippen LogP contribution is 2.34. The zero-order valence-corrected chi connectivity index (χ0v) is 12.7. The molecule has 0 amide bonds. The van der Waals surface area contributed by atoms with Crippen LogP contribution in [0, 0.1) is 5.82 Å². The van der Waals surface area contributed by atoms with Crippen molar-refractivity contribution >= 4 is 34.5 Å². The number of nitrogens with two attached hydrogens (primary N) is 2. The zero-order valence-electron chi connectivity index (χ0n) is 11.0. The van der Waals surface area contributed by atoms with Crippen LogP contribution in [-0.2, 0) is 0 Å². The molecular formula is C16H13FN2S2. The lowest BCUT2D eigenvalue weighted by atomic mass is 10.1. The number of hydrogen-bond donors (Lipinski definition) is 2. The quantitative estimate of drug-likeness (QED) is 0.678. The number of halogens is 1. The van der Waals surface area contributed by atoms with Gasteiger partial charge in [-0.15, -0.1) is 0 Å². The molecule has 2 aromatic carbocycles. The van der Waals surface area contributed by atoms with Gasteiger partial charge in [-0.05, 0) is 52.7 Å². The van der Waals surface area contributed by atoms with Crippen molar-refractivity contribution in [2.75, 3.05) is 11.5 Å². The Morgan fingerprint density at radius 3 is 2.33 bits per heavy atom. The minimum absolute atomic E-state index is 0.221. The molecule has 0 unspecified atom stereocenters. The summed E-state index contributed by atoms with van der Waals surface area (Å²) in [6.07, 6.45) is 0. The van der Waals surface area contributed by atoms with Crippen molar-refractivity contribution in [1.82, 2.24) is 0 Å². The number of benzene rings is 2. The zero-order chi connectivity index (χ0) is 14.8. The molecular weight excluding hydrogens is 303 g/mol. The molecule has 0 spiro atoms. The molecule has 0 bridgehead atoms. The van der Waals surface area contributed by atoms with E-state index >= 15 is 0 Å². The van der Waals surface area contributed by atoms with Crippen molar-refractivity contribution in [3.05, 3.63) is 59.0 Å². The summed E-state index contributed by atoms with van der Waals surface area (Å²) in [7, 11) is 0. The molecule has 3 aromatic rings. The third-order valence-corrected chi connectivity index (χ3v) is 4.73. The lowest BCUT2D eigenvalue weighted by Crippen LogP contribution is -1.93. The molecule has 1 heterocycles. The maximum atomic E-state index is 14.2. The van der Waals surface area contributed by atoms with Gasteiger partial charge in [-0.3, -0.25) is 0 Å². The maximum absolute atomic E-state index is 14.2. The van der Waals surface area contributed by atoms with Crippen molar-refractivity contribution < 1.29 is 4.39 Å². The van der Waals surface area contributed by atoms with Gasteiger partial charge in [-0.2, -0.15) is 11.3 Å². The minimum atomic E-state index is -0.221. The standard InChI is InChI=1S/C16H13FN2S2/c17-14-7-11(1-3-13(14)10-5-6-20-9-10)21-12-2-4-15(18)16(19)8-12/h1-9H,18-19H2. The van der Waals surface area contributed by atoms with Crippen LogP contribution < -0.4 is 11.5 Å². The van der Waals surface area contributed by atoms with E-state index in [0.717, 1.165) is 15.4 Å². The van der Waals surface area contributed by atoms with Crippen molar-refractivity contribution in [3.8, 4) is 11.1 Å². The second-order valence-corrected chi connectivity index (χ2v) is 6.47. The van der Waals surface area contributed by atoms with Crippen molar-refractivity contribution in [2.24, 2.45) is 0 Å². The molecule has 0 aliphatic carbocycles. The number of anilines is 2. The maximum Gasteiger partial charge on any atom is 0.132 e. The van der Waals surface area contributed by atoms with Gasteiger partial charge in [0.2, 0.25) is 0 Å². The smallest absolute Gasteiger partial charge is 0.132 e. The van der Waals surface area contributed by atoms with E-state index in [1.807, 2.05) is 29.0 Å². The van der Waals surface area contributed by atoms with Crippen molar-refractivity contribution in [2.45, 2.75) is 9.79 Å². The normalized spacial score (nSPS) is 10.7. The molecule has 106 valence electrons. The van der Waals surface area contributed by atoms with Gasteiger partial charge in [-0.1, -0.05) is 17.8 Å². The molecule has 0 saturated carbocycles. The van der Waals surface area contributed by atoms with Crippen LogP contribution in [-0.4, -0.2) is 0 Å². The molecule has 5 heteroatoms. The van der Waals surface area contributed by atoms with E-state index in [-0.39, 0.29) is 5.82 Å². The summed E-state index contributed by atoms with van der Waals surface area (Å²) in [5.41, 5.74) is 14.1. The first kappa shape index (κ1) is 14.0. The van der Waals surface area contributed by atoms with Crippen LogP contribution >= 0.6 is 23.1 Å². The summed E-state index contributed by atoms with van der Waals surface area (Å²) in [4.78, 5) is 1.76. The summed E-state index contributed by atoms with van der Waals surface area (Å²) in [5.74, 6) is -0.221. The average molecular weight is 316 g/mol. The Bertz CT molecular complexity index is 770. The Labute approximate surface area is 130 Å². The number of thiophene rings is 1. The van der Waals surface area contributed by atoms with Crippen LogP contribution in [0.2, 0.25) is 0 Å². The fourth-order valence-electron chi connectivity index (χ4n) is 1.96.